The molecule has 4 heterocycles. The monoisotopic (exact) mass is 472 g/mol. The van der Waals surface area contributed by atoms with E-state index in [-0.39, 0.29) is 44.8 Å². The van der Waals surface area contributed by atoms with Crippen LogP contribution >= 0.6 is 0 Å². The van der Waals surface area contributed by atoms with Crippen molar-refractivity contribution in [3.8, 4) is 0 Å². The molecule has 2 aliphatic carbocycles. The van der Waals surface area contributed by atoms with E-state index in [0.29, 0.717) is 23.6 Å². The van der Waals surface area contributed by atoms with Crippen LogP contribution in [0.25, 0.3) is 0 Å². The molecule has 3 aromatic rings. The number of hydrogen-bond donors (Lipinski definition) is 3. The Labute approximate surface area is 194 Å². The molecule has 180 valence electrons. The minimum absolute atomic E-state index is 0. The lowest BCUT2D eigenvalue weighted by Gasteiger charge is -2.22. The molecular formula is C23H26F2N6O3. The lowest BCUT2D eigenvalue weighted by molar-refractivity contribution is 0.0796. The molecule has 3 atom stereocenters. The Morgan fingerprint density at radius 1 is 1.32 bits per heavy atom. The SMILES string of the molecule is C.O=C(N[C@@H]1CCc2[nH]cnc21)c1cc(Cc2ccc(N3CC4C(C3)C4(F)F)nc2CO)no1. The van der Waals surface area contributed by atoms with Crippen molar-refractivity contribution in [3.05, 3.63) is 58.6 Å². The van der Waals surface area contributed by atoms with Crippen LogP contribution in [-0.4, -0.2) is 50.1 Å². The van der Waals surface area contributed by atoms with E-state index < -0.39 is 17.8 Å². The normalized spacial score (nSPS) is 23.9. The number of aliphatic hydroxyl groups excluding tert-OH is 1. The second-order valence-corrected chi connectivity index (χ2v) is 8.92. The Morgan fingerprint density at radius 3 is 2.88 bits per heavy atom. The zero-order valence-electron chi connectivity index (χ0n) is 17.6. The molecule has 0 aromatic carbocycles. The van der Waals surface area contributed by atoms with E-state index in [2.05, 4.69) is 25.4 Å². The van der Waals surface area contributed by atoms with Gasteiger partial charge in [0.15, 0.2) is 0 Å². The van der Waals surface area contributed by atoms with Crippen molar-refractivity contribution >= 4 is 11.7 Å². The Bertz CT molecular complexity index is 1210. The Hall–Kier alpha value is -3.34. The molecule has 6 rings (SSSR count). The molecule has 0 radical (unpaired) electrons. The van der Waals surface area contributed by atoms with Crippen molar-refractivity contribution in [3.63, 3.8) is 0 Å². The number of piperidine rings is 1. The number of alkyl halides is 2. The van der Waals surface area contributed by atoms with E-state index in [9.17, 15) is 18.7 Å². The van der Waals surface area contributed by atoms with Gasteiger partial charge in [0.25, 0.3) is 11.8 Å². The molecular weight excluding hydrogens is 446 g/mol. The largest absolute Gasteiger partial charge is 0.390 e. The number of H-pyrrole nitrogens is 1. The maximum absolute atomic E-state index is 13.5. The van der Waals surface area contributed by atoms with E-state index in [0.717, 1.165) is 29.8 Å². The fraction of sp³-hybridized carbons (Fsp3) is 0.478. The predicted octanol–water partition coefficient (Wildman–Crippen LogP) is 2.63. The highest BCUT2D eigenvalue weighted by molar-refractivity contribution is 5.91. The number of nitrogens with one attached hydrogen (secondary N) is 2. The first-order valence-electron chi connectivity index (χ1n) is 10.9. The first-order chi connectivity index (χ1) is 15.9. The van der Waals surface area contributed by atoms with E-state index >= 15 is 0 Å². The number of aryl methyl sites for hydroxylation is 1. The number of halogens is 2. The summed E-state index contributed by atoms with van der Waals surface area (Å²) in [6.07, 6.45) is 3.54. The van der Waals surface area contributed by atoms with Gasteiger partial charge in [0, 0.05) is 31.3 Å². The Balaban J connectivity index is 0.00000241. The van der Waals surface area contributed by atoms with Gasteiger partial charge in [-0.1, -0.05) is 18.6 Å². The number of anilines is 1. The van der Waals surface area contributed by atoms with E-state index in [1.54, 1.807) is 18.5 Å². The maximum atomic E-state index is 13.5. The van der Waals surface area contributed by atoms with Crippen molar-refractivity contribution in [2.24, 2.45) is 11.8 Å². The van der Waals surface area contributed by atoms with Crippen molar-refractivity contribution in [2.75, 3.05) is 18.0 Å². The molecule has 1 amide bonds. The number of aliphatic hydroxyl groups is 1. The summed E-state index contributed by atoms with van der Waals surface area (Å²) in [7, 11) is 0. The van der Waals surface area contributed by atoms with Crippen molar-refractivity contribution in [1.29, 1.82) is 0 Å². The Kier molecular flexibility index (Phi) is 5.38. The number of amides is 1. The van der Waals surface area contributed by atoms with Crippen LogP contribution in [0.2, 0.25) is 0 Å². The van der Waals surface area contributed by atoms with E-state index in [4.69, 9.17) is 4.52 Å². The minimum atomic E-state index is -2.55. The van der Waals surface area contributed by atoms with Gasteiger partial charge in [0.05, 0.1) is 47.9 Å². The zero-order valence-corrected chi connectivity index (χ0v) is 17.6. The Morgan fingerprint density at radius 2 is 2.12 bits per heavy atom. The predicted molar refractivity (Wildman–Crippen MR) is 117 cm³/mol. The van der Waals surface area contributed by atoms with Gasteiger partial charge in [-0.25, -0.2) is 18.7 Å². The molecule has 1 saturated carbocycles. The zero-order chi connectivity index (χ0) is 22.7. The summed E-state index contributed by atoms with van der Waals surface area (Å²) in [6.45, 7) is 0.258. The highest BCUT2D eigenvalue weighted by Crippen LogP contribution is 2.59. The highest BCUT2D eigenvalue weighted by atomic mass is 19.3. The molecule has 34 heavy (non-hydrogen) atoms. The van der Waals surface area contributed by atoms with Crippen LogP contribution in [0.3, 0.4) is 0 Å². The van der Waals surface area contributed by atoms with Crippen LogP contribution in [0.1, 0.15) is 58.8 Å². The van der Waals surface area contributed by atoms with Gasteiger partial charge < -0.3 is 24.8 Å². The first-order valence-corrected chi connectivity index (χ1v) is 10.9. The molecule has 0 spiro atoms. The number of aromatic amines is 1. The number of pyridine rings is 1. The molecule has 3 N–H and O–H groups in total. The highest BCUT2D eigenvalue weighted by Gasteiger charge is 2.71. The summed E-state index contributed by atoms with van der Waals surface area (Å²) in [5.74, 6) is -3.43. The lowest BCUT2D eigenvalue weighted by Crippen LogP contribution is -2.28. The number of nitrogens with zero attached hydrogens (tertiary/aromatic N) is 4. The number of imidazole rings is 1. The third-order valence-electron chi connectivity index (χ3n) is 6.95. The standard InChI is InChI=1S/C22H22F2N6O3.CH4/c23-22(24)13-7-30(8-14(13)22)19-4-1-11(17(9-31)27-19)5-12-6-18(33-29-12)21(32)28-16-3-2-15-20(16)26-10-25-15;/h1,4,6,10,13-14,16,31H,2-3,5,7-9H2,(H,25,26)(H,28,32);1H4/t13?,14?,16-;/m1./s1. The van der Waals surface area contributed by atoms with Crippen LogP contribution in [0, 0.1) is 11.8 Å². The summed E-state index contributed by atoms with van der Waals surface area (Å²) < 4.78 is 32.2. The molecule has 9 nitrogen and oxygen atoms in total. The minimum Gasteiger partial charge on any atom is -0.390 e. The molecule has 3 aliphatic rings. The molecule has 2 unspecified atom stereocenters. The van der Waals surface area contributed by atoms with E-state index in [1.807, 2.05) is 11.0 Å². The molecule has 2 fully saturated rings. The molecule has 1 saturated heterocycles. The number of carbonyl (C=O) groups excluding carboxylic acids is 1. The summed E-state index contributed by atoms with van der Waals surface area (Å²) in [4.78, 5) is 26.3. The summed E-state index contributed by atoms with van der Waals surface area (Å²) in [6, 6.07) is 4.98. The van der Waals surface area contributed by atoms with Crippen molar-refractivity contribution < 1.29 is 23.2 Å². The maximum Gasteiger partial charge on any atom is 0.290 e. The van der Waals surface area contributed by atoms with Gasteiger partial charge in [0.2, 0.25) is 5.76 Å². The number of aromatic nitrogens is 4. The third-order valence-corrected chi connectivity index (χ3v) is 6.95. The summed E-state index contributed by atoms with van der Waals surface area (Å²) >= 11 is 0. The topological polar surface area (TPSA) is 120 Å². The van der Waals surface area contributed by atoms with Crippen LogP contribution in [0.5, 0.6) is 0 Å². The fourth-order valence-electron chi connectivity index (χ4n) is 5.01. The average Bonchev–Trinajstić information content (AvgIpc) is 3.46. The van der Waals surface area contributed by atoms with Crippen LogP contribution in [0.15, 0.2) is 29.0 Å². The second kappa shape index (κ2) is 8.15. The number of hydrogen-bond acceptors (Lipinski definition) is 7. The van der Waals surface area contributed by atoms with Gasteiger partial charge in [-0.15, -0.1) is 0 Å². The van der Waals surface area contributed by atoms with Crippen molar-refractivity contribution in [1.82, 2.24) is 25.4 Å². The molecule has 1 aliphatic heterocycles. The summed E-state index contributed by atoms with van der Waals surface area (Å²) in [5, 5.41) is 16.7. The smallest absolute Gasteiger partial charge is 0.290 e. The van der Waals surface area contributed by atoms with Gasteiger partial charge in [-0.3, -0.25) is 4.79 Å². The number of rotatable bonds is 6. The van der Waals surface area contributed by atoms with Crippen LogP contribution in [0.4, 0.5) is 14.6 Å². The number of carbonyl (C=O) groups is 1. The fourth-order valence-corrected chi connectivity index (χ4v) is 5.01. The van der Waals surface area contributed by atoms with Gasteiger partial charge in [-0.05, 0) is 24.5 Å². The third kappa shape index (κ3) is 3.64. The molecule has 11 heteroatoms. The van der Waals surface area contributed by atoms with Gasteiger partial charge in [-0.2, -0.15) is 0 Å². The number of fused-ring (bicyclic) bond motifs is 2. The first kappa shape index (κ1) is 22.5. The quantitative estimate of drug-likeness (QED) is 0.504. The van der Waals surface area contributed by atoms with Gasteiger partial charge >= 0.3 is 0 Å². The average molecular weight is 472 g/mol. The summed E-state index contributed by atoms with van der Waals surface area (Å²) in [5.41, 5.74) is 3.59. The van der Waals surface area contributed by atoms with Crippen LogP contribution < -0.4 is 10.2 Å². The van der Waals surface area contributed by atoms with Crippen LogP contribution in [-0.2, 0) is 19.4 Å². The lowest BCUT2D eigenvalue weighted by atomic mass is 10.1. The van der Waals surface area contributed by atoms with Gasteiger partial charge in [0.1, 0.15) is 5.82 Å². The van der Waals surface area contributed by atoms with E-state index in [1.165, 1.54) is 0 Å². The molecule has 0 bridgehead atoms. The second-order valence-electron chi connectivity index (χ2n) is 8.92. The van der Waals surface area contributed by atoms with Crippen molar-refractivity contribution in [2.45, 2.75) is 45.3 Å². The molecule has 3 aromatic heterocycles.